The molecule has 3 heterocycles. The van der Waals surface area contributed by atoms with Crippen LogP contribution in [-0.2, 0) is 0 Å². The number of para-hydroxylation sites is 1. The summed E-state index contributed by atoms with van der Waals surface area (Å²) in [7, 11) is 0. The van der Waals surface area contributed by atoms with E-state index in [1.54, 1.807) is 0 Å². The Kier molecular flexibility index (Phi) is 5.68. The Bertz CT molecular complexity index is 2440. The third-order valence-electron chi connectivity index (χ3n) is 8.29. The molecule has 9 aromatic rings. The average molecular weight is 581 g/mol. The molecule has 0 aliphatic rings. The number of nitrogens with zero attached hydrogens (tertiary/aromatic N) is 2. The van der Waals surface area contributed by atoms with Crippen molar-refractivity contribution in [2.75, 3.05) is 0 Å². The van der Waals surface area contributed by atoms with E-state index in [1.165, 1.54) is 25.7 Å². The Balaban J connectivity index is 1.37. The van der Waals surface area contributed by atoms with Crippen LogP contribution in [0.3, 0.4) is 0 Å². The fraction of sp³-hybridized carbons (Fsp3) is 0. The smallest absolute Gasteiger partial charge is 0.160 e. The minimum absolute atomic E-state index is 0.711. The third-order valence-corrected chi connectivity index (χ3v) is 9.41. The van der Waals surface area contributed by atoms with Gasteiger partial charge in [-0.3, -0.25) is 0 Å². The van der Waals surface area contributed by atoms with Gasteiger partial charge in [0.1, 0.15) is 11.2 Å². The fourth-order valence-electron chi connectivity index (χ4n) is 6.28. The number of furan rings is 1. The van der Waals surface area contributed by atoms with Gasteiger partial charge in [-0.1, -0.05) is 109 Å². The highest BCUT2D eigenvalue weighted by Crippen LogP contribution is 2.46. The summed E-state index contributed by atoms with van der Waals surface area (Å²) in [6.45, 7) is 0. The third kappa shape index (κ3) is 4.03. The molecule has 0 bridgehead atoms. The van der Waals surface area contributed by atoms with Crippen LogP contribution in [0.15, 0.2) is 150 Å². The molecule has 0 spiro atoms. The van der Waals surface area contributed by atoms with Gasteiger partial charge in [-0.2, -0.15) is 0 Å². The molecule has 3 nitrogen and oxygen atoms in total. The van der Waals surface area contributed by atoms with Gasteiger partial charge in [0, 0.05) is 47.6 Å². The van der Waals surface area contributed by atoms with Gasteiger partial charge in [-0.15, -0.1) is 11.3 Å². The van der Waals surface area contributed by atoms with Crippen LogP contribution >= 0.6 is 11.3 Å². The second-order valence-electron chi connectivity index (χ2n) is 11.0. The number of fused-ring (bicyclic) bond motifs is 6. The number of benzene rings is 6. The second-order valence-corrected chi connectivity index (χ2v) is 12.0. The van der Waals surface area contributed by atoms with Crippen LogP contribution in [0.1, 0.15) is 0 Å². The lowest BCUT2D eigenvalue weighted by Crippen LogP contribution is -1.96. The van der Waals surface area contributed by atoms with Gasteiger partial charge in [0.2, 0.25) is 0 Å². The van der Waals surface area contributed by atoms with Crippen LogP contribution in [0.2, 0.25) is 0 Å². The lowest BCUT2D eigenvalue weighted by atomic mass is 9.93. The summed E-state index contributed by atoms with van der Waals surface area (Å²) in [5.41, 5.74) is 9.01. The quantitative estimate of drug-likeness (QED) is 0.208. The van der Waals surface area contributed by atoms with E-state index in [1.807, 2.05) is 47.7 Å². The number of hydrogen-bond acceptors (Lipinski definition) is 4. The molecule has 0 saturated carbocycles. The minimum Gasteiger partial charge on any atom is -0.456 e. The number of rotatable bonds is 4. The Morgan fingerprint density at radius 3 is 1.91 bits per heavy atom. The Morgan fingerprint density at radius 1 is 0.432 bits per heavy atom. The van der Waals surface area contributed by atoms with E-state index in [4.69, 9.17) is 14.4 Å². The van der Waals surface area contributed by atoms with Crippen molar-refractivity contribution in [1.29, 1.82) is 0 Å². The van der Waals surface area contributed by atoms with Crippen LogP contribution in [0.4, 0.5) is 0 Å². The van der Waals surface area contributed by atoms with E-state index in [9.17, 15) is 0 Å². The molecule has 0 saturated heterocycles. The predicted molar refractivity (Wildman–Crippen MR) is 184 cm³/mol. The van der Waals surface area contributed by atoms with Crippen molar-refractivity contribution in [3.63, 3.8) is 0 Å². The highest BCUT2D eigenvalue weighted by atomic mass is 32.1. The number of hydrogen-bond donors (Lipinski definition) is 0. The fourth-order valence-corrected chi connectivity index (χ4v) is 7.45. The Labute approximate surface area is 257 Å². The van der Waals surface area contributed by atoms with Crippen molar-refractivity contribution in [2.24, 2.45) is 0 Å². The highest BCUT2D eigenvalue weighted by Gasteiger charge is 2.19. The second kappa shape index (κ2) is 10.0. The average Bonchev–Trinajstić information content (AvgIpc) is 3.67. The molecule has 206 valence electrons. The summed E-state index contributed by atoms with van der Waals surface area (Å²) >= 11 is 1.82. The Morgan fingerprint density at radius 2 is 1.09 bits per heavy atom. The molecule has 6 aromatic carbocycles. The molecular formula is C40H24N2OS. The molecule has 0 amide bonds. The minimum atomic E-state index is 0.711. The van der Waals surface area contributed by atoms with Crippen molar-refractivity contribution in [2.45, 2.75) is 0 Å². The first-order valence-electron chi connectivity index (χ1n) is 14.7. The van der Waals surface area contributed by atoms with Crippen molar-refractivity contribution in [3.8, 4) is 45.0 Å². The highest BCUT2D eigenvalue weighted by molar-refractivity contribution is 7.26. The van der Waals surface area contributed by atoms with E-state index in [0.717, 1.165) is 55.6 Å². The zero-order chi connectivity index (χ0) is 29.0. The standard InChI is InChI=1S/C40H24N2OS/c1-3-12-25(13-4-1)32-24-33(42-40(41-32)26-14-5-2-6-15-26)27-22-31(39-30-17-8-10-21-36(30)44-37(39)23-27)28-18-11-20-35-38(28)29-16-7-9-19-34(29)43-35/h1-24H. The molecule has 4 heteroatoms. The summed E-state index contributed by atoms with van der Waals surface area (Å²) in [4.78, 5) is 10.2. The van der Waals surface area contributed by atoms with E-state index in [0.29, 0.717) is 5.82 Å². The van der Waals surface area contributed by atoms with Crippen molar-refractivity contribution in [3.05, 3.63) is 146 Å². The molecule has 0 radical (unpaired) electrons. The van der Waals surface area contributed by atoms with Crippen LogP contribution in [0.25, 0.3) is 87.1 Å². The van der Waals surface area contributed by atoms with Gasteiger partial charge in [0.15, 0.2) is 5.82 Å². The predicted octanol–water partition coefficient (Wildman–Crippen LogP) is 11.4. The zero-order valence-electron chi connectivity index (χ0n) is 23.6. The molecule has 0 atom stereocenters. The van der Waals surface area contributed by atoms with Gasteiger partial charge in [0.25, 0.3) is 0 Å². The van der Waals surface area contributed by atoms with Crippen LogP contribution < -0.4 is 0 Å². The van der Waals surface area contributed by atoms with Gasteiger partial charge in [0.05, 0.1) is 11.4 Å². The van der Waals surface area contributed by atoms with Crippen LogP contribution in [-0.4, -0.2) is 9.97 Å². The van der Waals surface area contributed by atoms with Gasteiger partial charge >= 0.3 is 0 Å². The lowest BCUT2D eigenvalue weighted by Gasteiger charge is -2.13. The lowest BCUT2D eigenvalue weighted by molar-refractivity contribution is 0.669. The summed E-state index contributed by atoms with van der Waals surface area (Å²) in [6, 6.07) is 50.7. The monoisotopic (exact) mass is 580 g/mol. The van der Waals surface area contributed by atoms with E-state index >= 15 is 0 Å². The summed E-state index contributed by atoms with van der Waals surface area (Å²) in [6.07, 6.45) is 0. The van der Waals surface area contributed by atoms with E-state index < -0.39 is 0 Å². The molecule has 44 heavy (non-hydrogen) atoms. The zero-order valence-corrected chi connectivity index (χ0v) is 24.4. The largest absolute Gasteiger partial charge is 0.456 e. The first kappa shape index (κ1) is 25.0. The first-order chi connectivity index (χ1) is 21.8. The maximum atomic E-state index is 6.32. The van der Waals surface area contributed by atoms with Crippen LogP contribution in [0.5, 0.6) is 0 Å². The molecule has 3 aromatic heterocycles. The van der Waals surface area contributed by atoms with E-state index in [2.05, 4.69) is 109 Å². The summed E-state index contributed by atoms with van der Waals surface area (Å²) in [5, 5.41) is 4.77. The number of thiophene rings is 1. The van der Waals surface area contributed by atoms with Gasteiger partial charge in [-0.05, 0) is 47.5 Å². The van der Waals surface area contributed by atoms with Crippen molar-refractivity contribution < 1.29 is 4.42 Å². The van der Waals surface area contributed by atoms with Gasteiger partial charge < -0.3 is 4.42 Å². The topological polar surface area (TPSA) is 38.9 Å². The maximum absolute atomic E-state index is 6.32. The first-order valence-corrected chi connectivity index (χ1v) is 15.5. The normalized spacial score (nSPS) is 11.6. The van der Waals surface area contributed by atoms with Crippen LogP contribution in [0, 0.1) is 0 Å². The number of aromatic nitrogens is 2. The van der Waals surface area contributed by atoms with Crippen molar-refractivity contribution >= 4 is 53.4 Å². The van der Waals surface area contributed by atoms with Crippen molar-refractivity contribution in [1.82, 2.24) is 9.97 Å². The molecular weight excluding hydrogens is 557 g/mol. The molecule has 0 aliphatic carbocycles. The SMILES string of the molecule is c1ccc(-c2cc(-c3cc(-c4cccc5oc6ccccc6c45)c4c(c3)sc3ccccc34)nc(-c3ccccc3)n2)cc1. The maximum Gasteiger partial charge on any atom is 0.160 e. The molecule has 0 unspecified atom stereocenters. The molecule has 9 rings (SSSR count). The summed E-state index contributed by atoms with van der Waals surface area (Å²) in [5.74, 6) is 0.711. The Hall–Kier alpha value is -5.58. The van der Waals surface area contributed by atoms with E-state index in [-0.39, 0.29) is 0 Å². The molecule has 0 fully saturated rings. The molecule has 0 N–H and O–H groups in total. The summed E-state index contributed by atoms with van der Waals surface area (Å²) < 4.78 is 8.81. The van der Waals surface area contributed by atoms with Gasteiger partial charge in [-0.25, -0.2) is 9.97 Å². The molecule has 0 aliphatic heterocycles.